The minimum Gasteiger partial charge on any atom is -0.489 e. The van der Waals surface area contributed by atoms with E-state index in [-0.39, 0.29) is 6.04 Å². The molecule has 0 aliphatic heterocycles. The van der Waals surface area contributed by atoms with Crippen LogP contribution in [-0.2, 0) is 6.61 Å². The predicted octanol–water partition coefficient (Wildman–Crippen LogP) is 7.07. The lowest BCUT2D eigenvalue weighted by Gasteiger charge is -2.20. The summed E-state index contributed by atoms with van der Waals surface area (Å²) in [5.41, 5.74) is 5.86. The number of benzene rings is 4. The lowest BCUT2D eigenvalue weighted by Crippen LogP contribution is -2.10. The molecular formula is C29H24ClN3O4. The van der Waals surface area contributed by atoms with E-state index >= 15 is 0 Å². The van der Waals surface area contributed by atoms with Gasteiger partial charge in [-0.15, -0.1) is 10.1 Å². The maximum Gasteiger partial charge on any atom is 0.291 e. The molecule has 1 unspecified atom stereocenters. The molecule has 0 aliphatic carbocycles. The number of halogens is 1. The van der Waals surface area contributed by atoms with E-state index in [2.05, 4.69) is 70.2 Å². The van der Waals surface area contributed by atoms with Crippen molar-refractivity contribution in [3.05, 3.63) is 154 Å². The van der Waals surface area contributed by atoms with E-state index in [1.165, 1.54) is 22.3 Å². The van der Waals surface area contributed by atoms with Gasteiger partial charge in [-0.2, -0.15) is 0 Å². The molecule has 1 N–H and O–H groups in total. The van der Waals surface area contributed by atoms with Crippen LogP contribution in [0.5, 0.6) is 5.75 Å². The molecule has 0 spiro atoms. The van der Waals surface area contributed by atoms with Gasteiger partial charge in [-0.1, -0.05) is 90.5 Å². The summed E-state index contributed by atoms with van der Waals surface area (Å²) >= 11 is 5.96. The number of imidazole rings is 1. The topological polar surface area (TPSA) is 90.4 Å². The minimum atomic E-state index is -1.50. The van der Waals surface area contributed by atoms with Crippen molar-refractivity contribution in [2.45, 2.75) is 12.6 Å². The molecule has 0 aliphatic rings. The first-order chi connectivity index (χ1) is 18.0. The van der Waals surface area contributed by atoms with Crippen molar-refractivity contribution in [2.75, 3.05) is 0 Å². The van der Waals surface area contributed by atoms with Crippen LogP contribution < -0.4 is 4.74 Å². The Balaban J connectivity index is 0.000000747. The zero-order valence-electron chi connectivity index (χ0n) is 19.7. The predicted molar refractivity (Wildman–Crippen MR) is 142 cm³/mol. The minimum absolute atomic E-state index is 0.0302. The van der Waals surface area contributed by atoms with Gasteiger partial charge in [0.15, 0.2) is 0 Å². The lowest BCUT2D eigenvalue weighted by molar-refractivity contribution is -0.742. The average molecular weight is 514 g/mol. The second kappa shape index (κ2) is 12.4. The van der Waals surface area contributed by atoms with Gasteiger partial charge < -0.3 is 14.5 Å². The summed E-state index contributed by atoms with van der Waals surface area (Å²) in [6, 6.07) is 35.2. The first-order valence-corrected chi connectivity index (χ1v) is 11.8. The number of ether oxygens (including phenoxy) is 1. The summed E-state index contributed by atoms with van der Waals surface area (Å²) in [4.78, 5) is 12.6. The smallest absolute Gasteiger partial charge is 0.291 e. The molecule has 5 aromatic rings. The largest absolute Gasteiger partial charge is 0.489 e. The molecule has 0 saturated carbocycles. The highest BCUT2D eigenvalue weighted by atomic mass is 35.5. The van der Waals surface area contributed by atoms with Crippen molar-refractivity contribution in [3.63, 3.8) is 0 Å². The Morgan fingerprint density at radius 1 is 0.865 bits per heavy atom. The molecule has 0 bridgehead atoms. The summed E-state index contributed by atoms with van der Waals surface area (Å²) < 4.78 is 8.09. The molecular weight excluding hydrogens is 490 g/mol. The second-order valence-corrected chi connectivity index (χ2v) is 8.56. The first-order valence-electron chi connectivity index (χ1n) is 11.4. The van der Waals surface area contributed by atoms with Crippen molar-refractivity contribution in [1.82, 2.24) is 9.55 Å². The van der Waals surface area contributed by atoms with Gasteiger partial charge in [0, 0.05) is 17.4 Å². The molecule has 1 aromatic heterocycles. The van der Waals surface area contributed by atoms with Gasteiger partial charge in [0.1, 0.15) is 12.4 Å². The monoisotopic (exact) mass is 513 g/mol. The number of hydrogen-bond acceptors (Lipinski definition) is 4. The van der Waals surface area contributed by atoms with E-state index in [0.717, 1.165) is 16.3 Å². The second-order valence-electron chi connectivity index (χ2n) is 8.12. The van der Waals surface area contributed by atoms with Crippen LogP contribution in [0.2, 0.25) is 5.02 Å². The SMILES string of the molecule is Clc1ccc(COc2ccc(C(c3ccc(-c4ccccc4)cc3)n3ccnc3)cc2)cc1.O=[N+]([O-])O. The zero-order valence-corrected chi connectivity index (χ0v) is 20.5. The van der Waals surface area contributed by atoms with Crippen LogP contribution in [0.1, 0.15) is 22.7 Å². The number of aromatic nitrogens is 2. The zero-order chi connectivity index (χ0) is 26.0. The highest BCUT2D eigenvalue weighted by Gasteiger charge is 2.16. The summed E-state index contributed by atoms with van der Waals surface area (Å²) in [5.74, 6) is 0.831. The van der Waals surface area contributed by atoms with Crippen molar-refractivity contribution in [2.24, 2.45) is 0 Å². The third-order valence-corrected chi connectivity index (χ3v) is 5.92. The van der Waals surface area contributed by atoms with Crippen molar-refractivity contribution in [3.8, 4) is 16.9 Å². The van der Waals surface area contributed by atoms with Crippen LogP contribution in [0, 0.1) is 10.1 Å². The van der Waals surface area contributed by atoms with Gasteiger partial charge in [0.25, 0.3) is 5.09 Å². The van der Waals surface area contributed by atoms with Gasteiger partial charge in [-0.05, 0) is 52.1 Å². The van der Waals surface area contributed by atoms with Crippen molar-refractivity contribution in [1.29, 1.82) is 0 Å². The van der Waals surface area contributed by atoms with Crippen LogP contribution in [0.3, 0.4) is 0 Å². The summed E-state index contributed by atoms with van der Waals surface area (Å²) in [7, 11) is 0. The van der Waals surface area contributed by atoms with Crippen LogP contribution in [0.15, 0.2) is 122 Å². The van der Waals surface area contributed by atoms with Crippen molar-refractivity contribution >= 4 is 11.6 Å². The molecule has 4 aromatic carbocycles. The average Bonchev–Trinajstić information content (AvgIpc) is 3.44. The van der Waals surface area contributed by atoms with E-state index in [1.807, 2.05) is 61.2 Å². The van der Waals surface area contributed by atoms with E-state index in [0.29, 0.717) is 6.61 Å². The molecule has 1 atom stereocenters. The highest BCUT2D eigenvalue weighted by Crippen LogP contribution is 2.30. The maximum atomic E-state index is 8.36. The van der Waals surface area contributed by atoms with Crippen LogP contribution >= 0.6 is 11.6 Å². The quantitative estimate of drug-likeness (QED) is 0.185. The summed E-state index contributed by atoms with van der Waals surface area (Å²) in [5, 5.41) is 14.4. The van der Waals surface area contributed by atoms with Gasteiger partial charge in [-0.3, -0.25) is 0 Å². The van der Waals surface area contributed by atoms with Gasteiger partial charge in [0.2, 0.25) is 0 Å². The normalized spacial score (nSPS) is 11.2. The Hall–Kier alpha value is -4.62. The van der Waals surface area contributed by atoms with Crippen molar-refractivity contribution < 1.29 is 15.0 Å². The number of nitrogens with zero attached hydrogens (tertiary/aromatic N) is 3. The third kappa shape index (κ3) is 7.19. The van der Waals surface area contributed by atoms with Gasteiger partial charge >= 0.3 is 0 Å². The Labute approximate surface area is 219 Å². The van der Waals surface area contributed by atoms with Crippen LogP contribution in [-0.4, -0.2) is 19.8 Å². The van der Waals surface area contributed by atoms with E-state index in [9.17, 15) is 0 Å². The Morgan fingerprint density at radius 2 is 1.43 bits per heavy atom. The van der Waals surface area contributed by atoms with Gasteiger partial charge in [-0.25, -0.2) is 4.98 Å². The molecule has 1 heterocycles. The van der Waals surface area contributed by atoms with Crippen LogP contribution in [0.25, 0.3) is 11.1 Å². The molecule has 37 heavy (non-hydrogen) atoms. The summed E-state index contributed by atoms with van der Waals surface area (Å²) in [6.45, 7) is 0.502. The standard InChI is InChI=1S/C29H23ClN2O.HNO3/c30-27-14-6-22(7-15-27)20-33-28-16-12-26(13-17-28)29(32-19-18-31-21-32)25-10-8-24(9-11-25)23-4-2-1-3-5-23;2-1(3)4/h1-19,21,29H,20H2;(H,2,3,4). The van der Waals surface area contributed by atoms with E-state index < -0.39 is 5.09 Å². The number of rotatable bonds is 7. The molecule has 186 valence electrons. The van der Waals surface area contributed by atoms with Crippen LogP contribution in [0.4, 0.5) is 0 Å². The maximum absolute atomic E-state index is 8.36. The highest BCUT2D eigenvalue weighted by molar-refractivity contribution is 6.30. The summed E-state index contributed by atoms with van der Waals surface area (Å²) in [6.07, 6.45) is 5.68. The molecule has 5 rings (SSSR count). The first kappa shape index (κ1) is 25.5. The molecule has 0 saturated heterocycles. The Morgan fingerprint density at radius 3 is 2.00 bits per heavy atom. The van der Waals surface area contributed by atoms with Gasteiger partial charge in [0.05, 0.1) is 12.4 Å². The molecule has 7 nitrogen and oxygen atoms in total. The fourth-order valence-electron chi connectivity index (χ4n) is 3.94. The Bertz CT molecular complexity index is 1390. The van der Waals surface area contributed by atoms with E-state index in [1.54, 1.807) is 0 Å². The van der Waals surface area contributed by atoms with E-state index in [4.69, 9.17) is 31.7 Å². The molecule has 8 heteroatoms. The fourth-order valence-corrected chi connectivity index (χ4v) is 4.07. The molecule has 0 fully saturated rings. The molecule has 0 radical (unpaired) electrons. The molecule has 0 amide bonds. The fraction of sp³-hybridized carbons (Fsp3) is 0.0690. The Kier molecular flexibility index (Phi) is 8.52. The lowest BCUT2D eigenvalue weighted by atomic mass is 9.96. The third-order valence-electron chi connectivity index (χ3n) is 5.67. The number of hydrogen-bond donors (Lipinski definition) is 1.